The molecule has 120 valence electrons. The summed E-state index contributed by atoms with van der Waals surface area (Å²) in [5, 5.41) is 13.9. The van der Waals surface area contributed by atoms with E-state index in [1.54, 1.807) is 36.4 Å². The summed E-state index contributed by atoms with van der Waals surface area (Å²) in [6.45, 7) is 1.97. The van der Waals surface area contributed by atoms with Crippen molar-refractivity contribution in [2.24, 2.45) is 0 Å². The van der Waals surface area contributed by atoms with Crippen molar-refractivity contribution in [3.63, 3.8) is 0 Å². The molecule has 0 atom stereocenters. The van der Waals surface area contributed by atoms with Crippen LogP contribution in [0.25, 0.3) is 6.08 Å². The summed E-state index contributed by atoms with van der Waals surface area (Å²) in [5.41, 5.74) is 2.97. The molecule has 0 fully saturated rings. The second kappa shape index (κ2) is 8.30. The van der Waals surface area contributed by atoms with Gasteiger partial charge in [0.1, 0.15) is 6.42 Å². The van der Waals surface area contributed by atoms with E-state index in [-0.39, 0.29) is 12.3 Å². The van der Waals surface area contributed by atoms with Crippen molar-refractivity contribution in [1.29, 1.82) is 5.26 Å². The molecule has 0 unspecified atom stereocenters. The molecule has 5 heteroatoms. The summed E-state index contributed by atoms with van der Waals surface area (Å²) in [7, 11) is 0. The highest BCUT2D eigenvalue weighted by Gasteiger charge is 2.07. The van der Waals surface area contributed by atoms with Gasteiger partial charge < -0.3 is 10.6 Å². The van der Waals surface area contributed by atoms with Crippen LogP contribution < -0.4 is 10.6 Å². The molecule has 2 aromatic rings. The monoisotopic (exact) mass is 319 g/mol. The fraction of sp³-hybridized carbons (Fsp3) is 0.105. The zero-order valence-corrected chi connectivity index (χ0v) is 13.2. The molecule has 0 saturated heterocycles. The molecule has 0 aliphatic heterocycles. The number of carbonyl (C=O) groups is 2. The van der Waals surface area contributed by atoms with Crippen LogP contribution >= 0.6 is 0 Å². The van der Waals surface area contributed by atoms with E-state index in [9.17, 15) is 9.59 Å². The van der Waals surface area contributed by atoms with Gasteiger partial charge in [-0.3, -0.25) is 9.59 Å². The lowest BCUT2D eigenvalue weighted by atomic mass is 10.1. The van der Waals surface area contributed by atoms with Gasteiger partial charge in [-0.25, -0.2) is 0 Å². The number of nitrogens with zero attached hydrogens (tertiary/aromatic N) is 1. The van der Waals surface area contributed by atoms with E-state index in [0.717, 1.165) is 11.1 Å². The molecule has 0 aliphatic carbocycles. The number of aryl methyl sites for hydroxylation is 1. The molecule has 0 bridgehead atoms. The minimum atomic E-state index is -0.422. The molecule has 5 nitrogen and oxygen atoms in total. The summed E-state index contributed by atoms with van der Waals surface area (Å²) in [6, 6.07) is 16.4. The van der Waals surface area contributed by atoms with Gasteiger partial charge in [-0.1, -0.05) is 36.4 Å². The van der Waals surface area contributed by atoms with Gasteiger partial charge in [-0.05, 0) is 36.3 Å². The molecule has 0 heterocycles. The van der Waals surface area contributed by atoms with Crippen molar-refractivity contribution >= 4 is 29.3 Å². The highest BCUT2D eigenvalue weighted by molar-refractivity contribution is 6.05. The quantitative estimate of drug-likeness (QED) is 0.828. The van der Waals surface area contributed by atoms with Gasteiger partial charge in [-0.2, -0.15) is 5.26 Å². The molecule has 0 aromatic heterocycles. The number of hydrogen-bond acceptors (Lipinski definition) is 3. The molecule has 24 heavy (non-hydrogen) atoms. The van der Waals surface area contributed by atoms with Crippen molar-refractivity contribution in [3.05, 3.63) is 65.7 Å². The summed E-state index contributed by atoms with van der Waals surface area (Å²) >= 11 is 0. The number of nitrogens with one attached hydrogen (secondary N) is 2. The molecule has 0 aliphatic rings. The zero-order chi connectivity index (χ0) is 17.4. The predicted octanol–water partition coefficient (Wildman–Crippen LogP) is 3.50. The first-order valence-corrected chi connectivity index (χ1v) is 7.40. The Balaban J connectivity index is 2.08. The lowest BCUT2D eigenvalue weighted by molar-refractivity contribution is -0.115. The van der Waals surface area contributed by atoms with E-state index in [1.807, 2.05) is 31.2 Å². The van der Waals surface area contributed by atoms with Crippen LogP contribution in [0.15, 0.2) is 54.6 Å². The van der Waals surface area contributed by atoms with Crippen molar-refractivity contribution in [2.75, 3.05) is 10.6 Å². The molecular formula is C19H17N3O2. The Morgan fingerprint density at radius 1 is 1.04 bits per heavy atom. The first kappa shape index (κ1) is 17.0. The Morgan fingerprint density at radius 2 is 1.67 bits per heavy atom. The van der Waals surface area contributed by atoms with Crippen LogP contribution in [0.2, 0.25) is 0 Å². The summed E-state index contributed by atoms with van der Waals surface area (Å²) in [5.74, 6) is -0.727. The maximum Gasteiger partial charge on any atom is 0.248 e. The van der Waals surface area contributed by atoms with E-state index in [4.69, 9.17) is 5.26 Å². The maximum absolute atomic E-state index is 12.1. The standard InChI is InChI=1S/C19H17N3O2/c1-14-6-2-3-7-15(14)10-11-18(23)21-16-8-4-5-9-17(16)22-19(24)12-13-20/h2-11H,12H2,1H3,(H,21,23)(H,22,24)/b11-10+. The second-order valence-electron chi connectivity index (χ2n) is 5.11. The molecule has 0 spiro atoms. The largest absolute Gasteiger partial charge is 0.323 e. The number of anilines is 2. The minimum absolute atomic E-state index is 0.241. The van der Waals surface area contributed by atoms with Gasteiger partial charge in [0, 0.05) is 6.08 Å². The first-order valence-electron chi connectivity index (χ1n) is 7.40. The molecule has 2 N–H and O–H groups in total. The van der Waals surface area contributed by atoms with E-state index in [2.05, 4.69) is 10.6 Å². The second-order valence-corrected chi connectivity index (χ2v) is 5.11. The van der Waals surface area contributed by atoms with Crippen molar-refractivity contribution in [3.8, 4) is 6.07 Å². The lowest BCUT2D eigenvalue weighted by Crippen LogP contribution is -2.14. The Bertz CT molecular complexity index is 819. The van der Waals surface area contributed by atoms with Crippen LogP contribution in [0.3, 0.4) is 0 Å². The molecule has 2 rings (SSSR count). The minimum Gasteiger partial charge on any atom is -0.323 e. The van der Waals surface area contributed by atoms with Crippen LogP contribution in [-0.4, -0.2) is 11.8 Å². The molecular weight excluding hydrogens is 302 g/mol. The fourth-order valence-corrected chi connectivity index (χ4v) is 2.08. The van der Waals surface area contributed by atoms with Crippen LogP contribution in [-0.2, 0) is 9.59 Å². The van der Waals surface area contributed by atoms with Crippen LogP contribution in [0.1, 0.15) is 17.5 Å². The van der Waals surface area contributed by atoms with E-state index in [0.29, 0.717) is 11.4 Å². The predicted molar refractivity (Wildman–Crippen MR) is 94.1 cm³/mol. The third kappa shape index (κ3) is 4.82. The van der Waals surface area contributed by atoms with Gasteiger partial charge in [-0.15, -0.1) is 0 Å². The Morgan fingerprint density at radius 3 is 2.33 bits per heavy atom. The van der Waals surface area contributed by atoms with Crippen LogP contribution in [0.4, 0.5) is 11.4 Å². The fourth-order valence-electron chi connectivity index (χ4n) is 2.08. The normalized spacial score (nSPS) is 10.2. The number of rotatable bonds is 5. The smallest absolute Gasteiger partial charge is 0.248 e. The number of carbonyl (C=O) groups excluding carboxylic acids is 2. The van der Waals surface area contributed by atoms with Crippen LogP contribution in [0.5, 0.6) is 0 Å². The number of para-hydroxylation sites is 2. The SMILES string of the molecule is Cc1ccccc1/C=C/C(=O)Nc1ccccc1NC(=O)CC#N. The topological polar surface area (TPSA) is 82.0 Å². The Kier molecular flexibility index (Phi) is 5.87. The van der Waals surface area contributed by atoms with Gasteiger partial charge >= 0.3 is 0 Å². The van der Waals surface area contributed by atoms with Crippen molar-refractivity contribution in [1.82, 2.24) is 0 Å². The first-order chi connectivity index (χ1) is 11.6. The number of amides is 2. The third-order valence-electron chi connectivity index (χ3n) is 3.30. The number of nitriles is 1. The highest BCUT2D eigenvalue weighted by atomic mass is 16.2. The summed E-state index contributed by atoms with van der Waals surface area (Å²) in [4.78, 5) is 23.6. The van der Waals surface area contributed by atoms with Crippen molar-refractivity contribution < 1.29 is 9.59 Å². The van der Waals surface area contributed by atoms with Crippen molar-refractivity contribution in [2.45, 2.75) is 13.3 Å². The van der Waals surface area contributed by atoms with E-state index >= 15 is 0 Å². The van der Waals surface area contributed by atoms with Gasteiger partial charge in [0.15, 0.2) is 0 Å². The molecule has 0 radical (unpaired) electrons. The van der Waals surface area contributed by atoms with E-state index < -0.39 is 5.91 Å². The van der Waals surface area contributed by atoms with E-state index in [1.165, 1.54) is 6.08 Å². The number of hydrogen-bond donors (Lipinski definition) is 2. The zero-order valence-electron chi connectivity index (χ0n) is 13.2. The molecule has 2 amide bonds. The maximum atomic E-state index is 12.1. The van der Waals surface area contributed by atoms with Gasteiger partial charge in [0.05, 0.1) is 17.4 Å². The summed E-state index contributed by atoms with van der Waals surface area (Å²) in [6.07, 6.45) is 2.94. The lowest BCUT2D eigenvalue weighted by Gasteiger charge is -2.10. The number of benzene rings is 2. The Labute approximate surface area is 140 Å². The third-order valence-corrected chi connectivity index (χ3v) is 3.30. The molecule has 2 aromatic carbocycles. The average Bonchev–Trinajstić information content (AvgIpc) is 2.56. The molecule has 0 saturated carbocycles. The Hall–Kier alpha value is -3.39. The summed E-state index contributed by atoms with van der Waals surface area (Å²) < 4.78 is 0. The highest BCUT2D eigenvalue weighted by Crippen LogP contribution is 2.21. The van der Waals surface area contributed by atoms with Gasteiger partial charge in [0.2, 0.25) is 11.8 Å². The van der Waals surface area contributed by atoms with Crippen LogP contribution in [0, 0.1) is 18.3 Å². The van der Waals surface area contributed by atoms with Gasteiger partial charge in [0.25, 0.3) is 0 Å². The average molecular weight is 319 g/mol.